The third-order valence-corrected chi connectivity index (χ3v) is 3.33. The highest BCUT2D eigenvalue weighted by molar-refractivity contribution is 4.94. The minimum atomic E-state index is -0.218. The largest absolute Gasteiger partial charge is 0.392 e. The van der Waals surface area contributed by atoms with Gasteiger partial charge in [-0.3, -0.25) is 0 Å². The van der Waals surface area contributed by atoms with Crippen molar-refractivity contribution < 1.29 is 5.11 Å². The number of nitrogens with zero attached hydrogens (tertiary/aromatic N) is 3. The summed E-state index contributed by atoms with van der Waals surface area (Å²) in [6.45, 7) is 2.06. The molecule has 1 unspecified atom stereocenters. The topological polar surface area (TPSA) is 63.0 Å². The van der Waals surface area contributed by atoms with E-state index < -0.39 is 0 Å². The summed E-state index contributed by atoms with van der Waals surface area (Å²) in [5.74, 6) is 0.915. The minimum Gasteiger partial charge on any atom is -0.392 e. The second kappa shape index (κ2) is 4.93. The number of aliphatic hydroxyl groups excluding tert-OH is 1. The predicted octanol–water partition coefficient (Wildman–Crippen LogP) is 0.769. The molecule has 1 fully saturated rings. The Morgan fingerprint density at radius 2 is 2.25 bits per heavy atom. The summed E-state index contributed by atoms with van der Waals surface area (Å²) >= 11 is 0. The Labute approximate surface area is 95.9 Å². The molecule has 1 aromatic heterocycles. The minimum absolute atomic E-state index is 0.130. The SMILES string of the molecule is CC(N[C@@H]1CCCC[C@H]1O)c1nncn1C. The Kier molecular flexibility index (Phi) is 3.56. The second-order valence-corrected chi connectivity index (χ2v) is 4.65. The van der Waals surface area contributed by atoms with Gasteiger partial charge < -0.3 is 15.0 Å². The normalized spacial score (nSPS) is 27.9. The van der Waals surface area contributed by atoms with Crippen molar-refractivity contribution in [3.05, 3.63) is 12.2 Å². The Balaban J connectivity index is 1.96. The van der Waals surface area contributed by atoms with E-state index in [1.807, 2.05) is 11.6 Å². The third-order valence-electron chi connectivity index (χ3n) is 3.33. The van der Waals surface area contributed by atoms with Gasteiger partial charge in [-0.15, -0.1) is 10.2 Å². The van der Waals surface area contributed by atoms with E-state index in [9.17, 15) is 5.11 Å². The van der Waals surface area contributed by atoms with Gasteiger partial charge >= 0.3 is 0 Å². The third kappa shape index (κ3) is 2.41. The lowest BCUT2D eigenvalue weighted by atomic mass is 9.92. The molecule has 2 rings (SSSR count). The van der Waals surface area contributed by atoms with Crippen molar-refractivity contribution in [1.29, 1.82) is 0 Å². The quantitative estimate of drug-likeness (QED) is 0.796. The van der Waals surface area contributed by atoms with Crippen LogP contribution >= 0.6 is 0 Å². The average Bonchev–Trinajstić information content (AvgIpc) is 2.68. The lowest BCUT2D eigenvalue weighted by Crippen LogP contribution is -2.43. The number of aliphatic hydroxyl groups is 1. The van der Waals surface area contributed by atoms with Crippen LogP contribution in [0.15, 0.2) is 6.33 Å². The maximum atomic E-state index is 9.88. The zero-order valence-electron chi connectivity index (χ0n) is 9.93. The second-order valence-electron chi connectivity index (χ2n) is 4.65. The zero-order valence-corrected chi connectivity index (χ0v) is 9.93. The molecule has 1 aliphatic rings. The van der Waals surface area contributed by atoms with Gasteiger partial charge in [-0.25, -0.2) is 0 Å². The fourth-order valence-electron chi connectivity index (χ4n) is 2.39. The number of rotatable bonds is 3. The number of hydrogen-bond donors (Lipinski definition) is 2. The molecule has 1 aliphatic carbocycles. The van der Waals surface area contributed by atoms with E-state index in [2.05, 4.69) is 22.4 Å². The van der Waals surface area contributed by atoms with Gasteiger partial charge in [-0.2, -0.15) is 0 Å². The van der Waals surface area contributed by atoms with E-state index in [0.717, 1.165) is 25.1 Å². The molecule has 0 saturated heterocycles. The molecule has 90 valence electrons. The van der Waals surface area contributed by atoms with E-state index in [1.54, 1.807) is 6.33 Å². The highest BCUT2D eigenvalue weighted by Crippen LogP contribution is 2.21. The van der Waals surface area contributed by atoms with Gasteiger partial charge in [-0.1, -0.05) is 12.8 Å². The summed E-state index contributed by atoms with van der Waals surface area (Å²) in [6, 6.07) is 0.325. The van der Waals surface area contributed by atoms with Crippen LogP contribution in [-0.4, -0.2) is 32.0 Å². The van der Waals surface area contributed by atoms with Crippen molar-refractivity contribution in [2.75, 3.05) is 0 Å². The molecule has 2 N–H and O–H groups in total. The molecule has 3 atom stereocenters. The molecule has 0 amide bonds. The van der Waals surface area contributed by atoms with Crippen LogP contribution in [0.2, 0.25) is 0 Å². The van der Waals surface area contributed by atoms with E-state index >= 15 is 0 Å². The fraction of sp³-hybridized carbons (Fsp3) is 0.818. The summed E-state index contributed by atoms with van der Waals surface area (Å²) in [6.07, 6.45) is 5.76. The van der Waals surface area contributed by atoms with Crippen LogP contribution in [0.25, 0.3) is 0 Å². The molecule has 16 heavy (non-hydrogen) atoms. The summed E-state index contributed by atoms with van der Waals surface area (Å²) in [5.41, 5.74) is 0. The van der Waals surface area contributed by atoms with Crippen LogP contribution in [-0.2, 0) is 7.05 Å². The van der Waals surface area contributed by atoms with E-state index in [1.165, 1.54) is 6.42 Å². The van der Waals surface area contributed by atoms with Gasteiger partial charge in [0.1, 0.15) is 12.2 Å². The van der Waals surface area contributed by atoms with E-state index in [0.29, 0.717) is 0 Å². The van der Waals surface area contributed by atoms with Gasteiger partial charge in [0.15, 0.2) is 0 Å². The molecule has 5 heteroatoms. The monoisotopic (exact) mass is 224 g/mol. The maximum Gasteiger partial charge on any atom is 0.149 e. The van der Waals surface area contributed by atoms with Gasteiger partial charge in [0, 0.05) is 13.1 Å². The average molecular weight is 224 g/mol. The molecule has 0 radical (unpaired) electrons. The lowest BCUT2D eigenvalue weighted by molar-refractivity contribution is 0.0852. The summed E-state index contributed by atoms with van der Waals surface area (Å²) < 4.78 is 1.91. The first kappa shape index (κ1) is 11.5. The smallest absolute Gasteiger partial charge is 0.149 e. The zero-order chi connectivity index (χ0) is 11.5. The Hall–Kier alpha value is -0.940. The number of aryl methyl sites for hydroxylation is 1. The molecule has 1 saturated carbocycles. The molecular weight excluding hydrogens is 204 g/mol. The predicted molar refractivity (Wildman–Crippen MR) is 60.8 cm³/mol. The first-order chi connectivity index (χ1) is 7.68. The Morgan fingerprint density at radius 1 is 1.50 bits per heavy atom. The first-order valence-electron chi connectivity index (χ1n) is 5.96. The molecule has 1 aromatic rings. The Bertz CT molecular complexity index is 338. The van der Waals surface area contributed by atoms with Crippen LogP contribution < -0.4 is 5.32 Å². The number of nitrogens with one attached hydrogen (secondary N) is 1. The van der Waals surface area contributed by atoms with Crippen LogP contribution in [0.5, 0.6) is 0 Å². The number of aromatic nitrogens is 3. The van der Waals surface area contributed by atoms with Crippen molar-refractivity contribution in [3.8, 4) is 0 Å². The summed E-state index contributed by atoms with van der Waals surface area (Å²) in [5, 5.41) is 21.3. The van der Waals surface area contributed by atoms with Crippen molar-refractivity contribution in [2.24, 2.45) is 7.05 Å². The van der Waals surface area contributed by atoms with Gasteiger partial charge in [-0.05, 0) is 19.8 Å². The van der Waals surface area contributed by atoms with Gasteiger partial charge in [0.05, 0.1) is 12.1 Å². The molecule has 0 bridgehead atoms. The van der Waals surface area contributed by atoms with E-state index in [-0.39, 0.29) is 18.2 Å². The van der Waals surface area contributed by atoms with E-state index in [4.69, 9.17) is 0 Å². The van der Waals surface area contributed by atoms with Gasteiger partial charge in [0.25, 0.3) is 0 Å². The Morgan fingerprint density at radius 3 is 2.88 bits per heavy atom. The molecule has 0 spiro atoms. The van der Waals surface area contributed by atoms with Crippen molar-refractivity contribution in [3.63, 3.8) is 0 Å². The fourth-order valence-corrected chi connectivity index (χ4v) is 2.39. The molecular formula is C11H20N4O. The van der Waals surface area contributed by atoms with Crippen molar-refractivity contribution >= 4 is 0 Å². The molecule has 0 aromatic carbocycles. The number of hydrogen-bond acceptors (Lipinski definition) is 4. The molecule has 1 heterocycles. The maximum absolute atomic E-state index is 9.88. The highest BCUT2D eigenvalue weighted by atomic mass is 16.3. The molecule has 0 aliphatic heterocycles. The first-order valence-corrected chi connectivity index (χ1v) is 5.96. The highest BCUT2D eigenvalue weighted by Gasteiger charge is 2.25. The van der Waals surface area contributed by atoms with Gasteiger partial charge in [0.2, 0.25) is 0 Å². The van der Waals surface area contributed by atoms with Crippen LogP contribution in [0, 0.1) is 0 Å². The summed E-state index contributed by atoms with van der Waals surface area (Å²) in [7, 11) is 1.94. The standard InChI is InChI=1S/C11H20N4O/c1-8(11-14-12-7-15(11)2)13-9-5-3-4-6-10(9)16/h7-10,13,16H,3-6H2,1-2H3/t8?,9-,10-/m1/s1. The summed E-state index contributed by atoms with van der Waals surface area (Å²) in [4.78, 5) is 0. The lowest BCUT2D eigenvalue weighted by Gasteiger charge is -2.30. The van der Waals surface area contributed by atoms with Crippen LogP contribution in [0.4, 0.5) is 0 Å². The van der Waals surface area contributed by atoms with Crippen molar-refractivity contribution in [1.82, 2.24) is 20.1 Å². The molecule has 5 nitrogen and oxygen atoms in total. The van der Waals surface area contributed by atoms with Crippen LogP contribution in [0.1, 0.15) is 44.5 Å². The van der Waals surface area contributed by atoms with Crippen molar-refractivity contribution in [2.45, 2.75) is 50.8 Å². The van der Waals surface area contributed by atoms with Crippen LogP contribution in [0.3, 0.4) is 0 Å².